The lowest BCUT2D eigenvalue weighted by molar-refractivity contribution is -0.394. The number of nitrogens with zero attached hydrogens (tertiary/aromatic N) is 4. The molecule has 0 N–H and O–H groups in total. The minimum Gasteiger partial charge on any atom is -0.493 e. The lowest BCUT2D eigenvalue weighted by atomic mass is 10.2. The van der Waals surface area contributed by atoms with Crippen molar-refractivity contribution in [2.24, 2.45) is 7.05 Å². The van der Waals surface area contributed by atoms with Gasteiger partial charge in [-0.25, -0.2) is 0 Å². The number of benzene rings is 1. The van der Waals surface area contributed by atoms with Crippen LogP contribution in [0.5, 0.6) is 17.5 Å². The molecule has 0 unspecified atom stereocenters. The van der Waals surface area contributed by atoms with Crippen molar-refractivity contribution in [3.8, 4) is 17.5 Å². The summed E-state index contributed by atoms with van der Waals surface area (Å²) in [5.41, 5.74) is 0.950. The first-order valence-electron chi connectivity index (χ1n) is 6.09. The van der Waals surface area contributed by atoms with E-state index < -0.39 is 10.9 Å². The number of hydrogen-bond acceptors (Lipinski definition) is 6. The number of ether oxygens (including phenoxy) is 2. The molecule has 0 fully saturated rings. The summed E-state index contributed by atoms with van der Waals surface area (Å²) in [6, 6.07) is 5.34. The van der Waals surface area contributed by atoms with Gasteiger partial charge in [0.1, 0.15) is 0 Å². The summed E-state index contributed by atoms with van der Waals surface area (Å²) < 4.78 is 12.0. The van der Waals surface area contributed by atoms with Gasteiger partial charge in [0.05, 0.1) is 14.2 Å². The Morgan fingerprint density at radius 3 is 2.71 bits per heavy atom. The molecule has 21 heavy (non-hydrogen) atoms. The van der Waals surface area contributed by atoms with Gasteiger partial charge in [-0.3, -0.25) is 0 Å². The Bertz CT molecular complexity index is 693. The zero-order valence-corrected chi connectivity index (χ0v) is 11.8. The van der Waals surface area contributed by atoms with Crippen molar-refractivity contribution < 1.29 is 14.4 Å². The molecule has 0 aliphatic heterocycles. The van der Waals surface area contributed by atoms with E-state index in [4.69, 9.17) is 9.47 Å². The molecule has 0 radical (unpaired) electrons. The van der Waals surface area contributed by atoms with Gasteiger partial charge in [0.25, 0.3) is 0 Å². The Labute approximate surface area is 120 Å². The highest BCUT2D eigenvalue weighted by Gasteiger charge is 2.22. The van der Waals surface area contributed by atoms with Gasteiger partial charge in [0.2, 0.25) is 0 Å². The fourth-order valence-electron chi connectivity index (χ4n) is 1.69. The topological polar surface area (TPSA) is 92.3 Å². The van der Waals surface area contributed by atoms with E-state index in [1.54, 1.807) is 12.1 Å². The quantitative estimate of drug-likeness (QED) is 0.620. The summed E-state index contributed by atoms with van der Waals surface area (Å²) in [6.45, 7) is 1.91. The smallest absolute Gasteiger partial charge is 0.493 e. The van der Waals surface area contributed by atoms with Gasteiger partial charge in [-0.15, -0.1) is 4.68 Å². The molecular weight excluding hydrogens is 276 g/mol. The molecule has 0 aliphatic rings. The van der Waals surface area contributed by atoms with E-state index in [-0.39, 0.29) is 6.01 Å². The average Bonchev–Trinajstić information content (AvgIpc) is 2.82. The molecule has 0 spiro atoms. The van der Waals surface area contributed by atoms with E-state index in [0.717, 1.165) is 5.56 Å². The molecule has 0 amide bonds. The van der Waals surface area contributed by atoms with E-state index in [1.807, 2.05) is 25.1 Å². The molecule has 2 rings (SSSR count). The Kier molecular flexibility index (Phi) is 4.17. The molecule has 0 atom stereocenters. The molecule has 1 aromatic carbocycles. The Morgan fingerprint density at radius 2 is 2.14 bits per heavy atom. The van der Waals surface area contributed by atoms with Crippen molar-refractivity contribution in [3.63, 3.8) is 0 Å². The number of aromatic nitrogens is 3. The molecule has 0 bridgehead atoms. The van der Waals surface area contributed by atoms with E-state index in [1.165, 1.54) is 18.8 Å². The first-order valence-corrected chi connectivity index (χ1v) is 6.09. The number of hydrogen-bond donors (Lipinski definition) is 0. The van der Waals surface area contributed by atoms with Crippen LogP contribution in [-0.4, -0.2) is 26.8 Å². The molecule has 2 aromatic rings. The van der Waals surface area contributed by atoms with Crippen molar-refractivity contribution in [1.29, 1.82) is 0 Å². The van der Waals surface area contributed by atoms with E-state index in [9.17, 15) is 10.1 Å². The Hall–Kier alpha value is -2.90. The third-order valence-corrected chi connectivity index (χ3v) is 2.62. The molecule has 0 aliphatic carbocycles. The largest absolute Gasteiger partial charge is 0.494 e. The maximum absolute atomic E-state index is 10.6. The molecule has 0 saturated heterocycles. The summed E-state index contributed by atoms with van der Waals surface area (Å²) in [6.07, 6.45) is 3.82. The van der Waals surface area contributed by atoms with Crippen LogP contribution in [-0.2, 0) is 7.05 Å². The molecule has 1 aromatic heterocycles. The average molecular weight is 290 g/mol. The number of allylic oxidation sites excluding steroid dienone is 1. The third kappa shape index (κ3) is 3.16. The summed E-state index contributed by atoms with van der Waals surface area (Å²) >= 11 is 0. The van der Waals surface area contributed by atoms with Crippen LogP contribution in [0.4, 0.5) is 5.95 Å². The van der Waals surface area contributed by atoms with Gasteiger partial charge < -0.3 is 19.6 Å². The zero-order valence-electron chi connectivity index (χ0n) is 11.8. The summed E-state index contributed by atoms with van der Waals surface area (Å²) in [7, 11) is 3.02. The van der Waals surface area contributed by atoms with Crippen LogP contribution in [0.25, 0.3) is 6.08 Å². The SMILES string of the molecule is CC=Cc1ccc(Oc2nc([N+](=O)[O-])nn2C)c(OC)c1. The van der Waals surface area contributed by atoms with E-state index in [2.05, 4.69) is 10.1 Å². The van der Waals surface area contributed by atoms with Crippen molar-refractivity contribution in [3.05, 3.63) is 40.0 Å². The van der Waals surface area contributed by atoms with Gasteiger partial charge >= 0.3 is 12.0 Å². The second-order valence-electron chi connectivity index (χ2n) is 4.09. The molecule has 8 heteroatoms. The Morgan fingerprint density at radius 1 is 1.38 bits per heavy atom. The summed E-state index contributed by atoms with van der Waals surface area (Å²) in [5, 5.41) is 14.3. The second kappa shape index (κ2) is 6.04. The molecule has 0 saturated carbocycles. The predicted molar refractivity (Wildman–Crippen MR) is 75.4 cm³/mol. The van der Waals surface area contributed by atoms with Crippen LogP contribution in [0.3, 0.4) is 0 Å². The highest BCUT2D eigenvalue weighted by molar-refractivity contribution is 5.56. The number of aryl methyl sites for hydroxylation is 1. The van der Waals surface area contributed by atoms with Crippen molar-refractivity contribution in [1.82, 2.24) is 14.8 Å². The monoisotopic (exact) mass is 290 g/mol. The highest BCUT2D eigenvalue weighted by Crippen LogP contribution is 2.32. The second-order valence-corrected chi connectivity index (χ2v) is 4.09. The van der Waals surface area contributed by atoms with Gasteiger partial charge in [-0.05, 0) is 34.5 Å². The number of methoxy groups -OCH3 is 1. The first-order chi connectivity index (χ1) is 10.0. The molecule has 110 valence electrons. The highest BCUT2D eigenvalue weighted by atomic mass is 16.6. The summed E-state index contributed by atoms with van der Waals surface area (Å²) in [4.78, 5) is 13.7. The lowest BCUT2D eigenvalue weighted by Gasteiger charge is -2.08. The molecular formula is C13H14N4O4. The maximum atomic E-state index is 10.6. The first kappa shape index (κ1) is 14.5. The van der Waals surface area contributed by atoms with Crippen LogP contribution in [0.15, 0.2) is 24.3 Å². The van der Waals surface area contributed by atoms with Crippen LogP contribution < -0.4 is 9.47 Å². The van der Waals surface area contributed by atoms with Crippen LogP contribution >= 0.6 is 0 Å². The van der Waals surface area contributed by atoms with Gasteiger partial charge in [0.15, 0.2) is 11.5 Å². The Balaban J connectivity index is 2.32. The van der Waals surface area contributed by atoms with Crippen molar-refractivity contribution in [2.75, 3.05) is 7.11 Å². The van der Waals surface area contributed by atoms with Crippen LogP contribution in [0.2, 0.25) is 0 Å². The lowest BCUT2D eigenvalue weighted by Crippen LogP contribution is -1.98. The third-order valence-electron chi connectivity index (χ3n) is 2.62. The standard InChI is InChI=1S/C13H14N4O4/c1-4-5-9-6-7-10(11(8-9)20-3)21-13-14-12(17(18)19)15-16(13)2/h4-8H,1-3H3. The number of nitro groups is 1. The predicted octanol–water partition coefficient (Wildman–Crippen LogP) is 2.56. The van der Waals surface area contributed by atoms with Crippen molar-refractivity contribution in [2.45, 2.75) is 6.92 Å². The van der Waals surface area contributed by atoms with Crippen LogP contribution in [0.1, 0.15) is 12.5 Å². The minimum absolute atomic E-state index is 0.0128. The minimum atomic E-state index is -0.681. The van der Waals surface area contributed by atoms with Crippen LogP contribution in [0, 0.1) is 10.1 Å². The normalized spacial score (nSPS) is 10.8. The van der Waals surface area contributed by atoms with Gasteiger partial charge in [0, 0.05) is 5.10 Å². The van der Waals surface area contributed by atoms with Gasteiger partial charge in [-0.2, -0.15) is 0 Å². The van der Waals surface area contributed by atoms with Gasteiger partial charge in [-0.1, -0.05) is 18.2 Å². The van der Waals surface area contributed by atoms with Crippen molar-refractivity contribution >= 4 is 12.0 Å². The molecule has 1 heterocycles. The fourth-order valence-corrected chi connectivity index (χ4v) is 1.69. The van der Waals surface area contributed by atoms with E-state index in [0.29, 0.717) is 11.5 Å². The fraction of sp³-hybridized carbons (Fsp3) is 0.231. The number of rotatable bonds is 5. The molecule has 8 nitrogen and oxygen atoms in total. The summed E-state index contributed by atoms with van der Waals surface area (Å²) in [5.74, 6) is 0.379. The zero-order chi connectivity index (χ0) is 15.4. The van der Waals surface area contributed by atoms with E-state index >= 15 is 0 Å². The maximum Gasteiger partial charge on any atom is 0.494 e.